The Morgan fingerprint density at radius 1 is 0.854 bits per heavy atom. The van der Waals surface area contributed by atoms with E-state index in [1.165, 1.54) is 6.20 Å². The monoisotopic (exact) mass is 679 g/mol. The summed E-state index contributed by atoms with van der Waals surface area (Å²) in [5.74, 6) is -0.290. The molecule has 0 spiro atoms. The van der Waals surface area contributed by atoms with Gasteiger partial charge >= 0.3 is 0 Å². The molecule has 242 valence electrons. The smallest absolute Gasteiger partial charge is 0.271 e. The van der Waals surface area contributed by atoms with Gasteiger partial charge in [0.15, 0.2) is 11.4 Å². The summed E-state index contributed by atoms with van der Waals surface area (Å²) in [5, 5.41) is 13.1. The number of hydrogen-bond donors (Lipinski definition) is 2. The quantitative estimate of drug-likeness (QED) is 0.163. The van der Waals surface area contributed by atoms with E-state index in [-0.39, 0.29) is 35.6 Å². The minimum Gasteiger partial charge on any atom is -0.392 e. The first-order valence-corrected chi connectivity index (χ1v) is 16.2. The van der Waals surface area contributed by atoms with Crippen molar-refractivity contribution in [3.05, 3.63) is 148 Å². The molecule has 0 aliphatic carbocycles. The Hall–Kier alpha value is -4.64. The van der Waals surface area contributed by atoms with Crippen molar-refractivity contribution in [2.45, 2.75) is 44.6 Å². The van der Waals surface area contributed by atoms with Crippen molar-refractivity contribution in [1.82, 2.24) is 24.8 Å². The van der Waals surface area contributed by atoms with Crippen molar-refractivity contribution >= 4 is 40.1 Å². The molecule has 6 aromatic rings. The van der Waals surface area contributed by atoms with Crippen LogP contribution in [0.4, 0.5) is 0 Å². The van der Waals surface area contributed by atoms with Gasteiger partial charge in [0.25, 0.3) is 5.91 Å². The molecule has 2 aromatic heterocycles. The van der Waals surface area contributed by atoms with E-state index in [9.17, 15) is 9.90 Å². The SMILES string of the molecule is O=C(NCc1cccc(-c2cccc(C3OC(Cn4cnc(Cl)c4Cl)CC(c4ccc(CO)cc4)O3)c2)c1)c1cnc2ccccc2n1. The molecule has 1 amide bonds. The standard InChI is InChI=1S/C37H31Cl2N5O4/c38-34-35(39)44(22-42-34)20-29-17-33(25-13-11-23(21-45)12-14-25)48-37(47-29)28-8-4-7-27(16-28)26-6-3-5-24(15-26)18-41-36(46)32-19-40-30-9-1-2-10-31(30)43-32/h1-16,19,22,29,33,37,45H,17-18,20-21H2,(H,41,46). The van der Waals surface area contributed by atoms with Crippen LogP contribution in [-0.4, -0.2) is 36.6 Å². The van der Waals surface area contributed by atoms with E-state index in [4.69, 9.17) is 32.7 Å². The molecule has 1 aliphatic rings. The van der Waals surface area contributed by atoms with Gasteiger partial charge in [-0.15, -0.1) is 0 Å². The van der Waals surface area contributed by atoms with Crippen molar-refractivity contribution in [1.29, 1.82) is 0 Å². The minimum absolute atomic E-state index is 0.0282. The number of imidazole rings is 1. The molecule has 0 saturated carbocycles. The molecule has 9 nitrogen and oxygen atoms in total. The average Bonchev–Trinajstić information content (AvgIpc) is 3.45. The lowest BCUT2D eigenvalue weighted by molar-refractivity contribution is -0.252. The predicted octanol–water partition coefficient (Wildman–Crippen LogP) is 7.47. The minimum atomic E-state index is -0.658. The molecule has 7 rings (SSSR count). The van der Waals surface area contributed by atoms with E-state index in [0.29, 0.717) is 30.2 Å². The highest BCUT2D eigenvalue weighted by Crippen LogP contribution is 2.39. The highest BCUT2D eigenvalue weighted by atomic mass is 35.5. The maximum absolute atomic E-state index is 12.9. The number of amides is 1. The molecular formula is C37H31Cl2N5O4. The molecule has 1 aliphatic heterocycles. The number of fused-ring (bicyclic) bond motifs is 1. The van der Waals surface area contributed by atoms with Crippen LogP contribution >= 0.6 is 23.2 Å². The van der Waals surface area contributed by atoms with Crippen LogP contribution in [-0.2, 0) is 29.2 Å². The van der Waals surface area contributed by atoms with Gasteiger partial charge in [-0.25, -0.2) is 9.97 Å². The van der Waals surface area contributed by atoms with Gasteiger partial charge in [-0.2, -0.15) is 0 Å². The van der Waals surface area contributed by atoms with Crippen molar-refractivity contribution < 1.29 is 19.4 Å². The van der Waals surface area contributed by atoms with Crippen molar-refractivity contribution in [2.24, 2.45) is 0 Å². The summed E-state index contributed by atoms with van der Waals surface area (Å²) in [6.07, 6.45) is 2.51. The van der Waals surface area contributed by atoms with E-state index < -0.39 is 6.29 Å². The van der Waals surface area contributed by atoms with Crippen LogP contribution in [0, 0.1) is 0 Å². The van der Waals surface area contributed by atoms with E-state index in [2.05, 4.69) is 26.3 Å². The molecular weight excluding hydrogens is 649 g/mol. The third-order valence-electron chi connectivity index (χ3n) is 8.30. The summed E-state index contributed by atoms with van der Waals surface area (Å²) >= 11 is 12.5. The van der Waals surface area contributed by atoms with Gasteiger partial charge < -0.3 is 24.5 Å². The lowest BCUT2D eigenvalue weighted by Gasteiger charge is -2.36. The molecule has 48 heavy (non-hydrogen) atoms. The number of para-hydroxylation sites is 2. The van der Waals surface area contributed by atoms with Gasteiger partial charge in [-0.1, -0.05) is 96.0 Å². The number of halogens is 2. The first-order valence-electron chi connectivity index (χ1n) is 15.5. The summed E-state index contributed by atoms with van der Waals surface area (Å²) in [4.78, 5) is 25.8. The summed E-state index contributed by atoms with van der Waals surface area (Å²) in [7, 11) is 0. The fraction of sp³-hybridized carbons (Fsp3) is 0.189. The highest BCUT2D eigenvalue weighted by molar-refractivity contribution is 6.40. The van der Waals surface area contributed by atoms with Crippen LogP contribution in [0.5, 0.6) is 0 Å². The Morgan fingerprint density at radius 3 is 2.40 bits per heavy atom. The fourth-order valence-electron chi connectivity index (χ4n) is 5.79. The number of ether oxygens (including phenoxy) is 2. The molecule has 11 heteroatoms. The molecule has 3 heterocycles. The van der Waals surface area contributed by atoms with Gasteiger partial charge in [0, 0.05) is 18.5 Å². The van der Waals surface area contributed by atoms with Crippen molar-refractivity contribution in [3.63, 3.8) is 0 Å². The Labute approximate surface area is 287 Å². The second-order valence-electron chi connectivity index (χ2n) is 11.6. The summed E-state index contributed by atoms with van der Waals surface area (Å²) in [6.45, 7) is 0.746. The Bertz CT molecular complexity index is 2070. The number of nitrogens with zero attached hydrogens (tertiary/aromatic N) is 4. The third kappa shape index (κ3) is 7.11. The van der Waals surface area contributed by atoms with Crippen molar-refractivity contribution in [3.8, 4) is 11.1 Å². The molecule has 0 radical (unpaired) electrons. The third-order valence-corrected chi connectivity index (χ3v) is 9.07. The largest absolute Gasteiger partial charge is 0.392 e. The number of aromatic nitrogens is 4. The average molecular weight is 681 g/mol. The number of hydrogen-bond acceptors (Lipinski definition) is 7. The van der Waals surface area contributed by atoms with Crippen LogP contribution in [0.25, 0.3) is 22.2 Å². The summed E-state index contributed by atoms with van der Waals surface area (Å²) in [5.41, 5.74) is 7.25. The number of rotatable bonds is 9. The van der Waals surface area contributed by atoms with Crippen LogP contribution in [0.1, 0.15) is 51.6 Å². The lowest BCUT2D eigenvalue weighted by atomic mass is 9.98. The number of nitrogens with one attached hydrogen (secondary N) is 1. The zero-order valence-electron chi connectivity index (χ0n) is 25.7. The number of carbonyl (C=O) groups excluding carboxylic acids is 1. The second-order valence-corrected chi connectivity index (χ2v) is 12.3. The van der Waals surface area contributed by atoms with Gasteiger partial charge in [0.2, 0.25) is 0 Å². The van der Waals surface area contributed by atoms with Crippen LogP contribution in [0.3, 0.4) is 0 Å². The van der Waals surface area contributed by atoms with Gasteiger partial charge in [-0.05, 0) is 52.1 Å². The Kier molecular flexibility index (Phi) is 9.47. The molecule has 3 unspecified atom stereocenters. The van der Waals surface area contributed by atoms with E-state index in [1.54, 1.807) is 10.9 Å². The zero-order chi connectivity index (χ0) is 33.0. The number of aliphatic hydroxyl groups excluding tert-OH is 1. The fourth-order valence-corrected chi connectivity index (χ4v) is 6.10. The normalized spacial score (nSPS) is 17.8. The number of aliphatic hydroxyl groups is 1. The van der Waals surface area contributed by atoms with Crippen molar-refractivity contribution in [2.75, 3.05) is 0 Å². The predicted molar refractivity (Wildman–Crippen MR) is 183 cm³/mol. The summed E-state index contributed by atoms with van der Waals surface area (Å²) in [6, 6.07) is 31.3. The zero-order valence-corrected chi connectivity index (χ0v) is 27.2. The van der Waals surface area contributed by atoms with Crippen LogP contribution < -0.4 is 5.32 Å². The van der Waals surface area contributed by atoms with Crippen LogP contribution in [0.2, 0.25) is 10.3 Å². The Balaban J connectivity index is 1.09. The Morgan fingerprint density at radius 2 is 1.62 bits per heavy atom. The topological polar surface area (TPSA) is 111 Å². The lowest BCUT2D eigenvalue weighted by Crippen LogP contribution is -2.32. The summed E-state index contributed by atoms with van der Waals surface area (Å²) < 4.78 is 14.8. The molecule has 1 fully saturated rings. The van der Waals surface area contributed by atoms with Crippen LogP contribution in [0.15, 0.2) is 110 Å². The first-order chi connectivity index (χ1) is 23.4. The maximum Gasteiger partial charge on any atom is 0.271 e. The van der Waals surface area contributed by atoms with E-state index >= 15 is 0 Å². The second kappa shape index (κ2) is 14.2. The van der Waals surface area contributed by atoms with Gasteiger partial charge in [0.05, 0.1) is 48.9 Å². The molecule has 0 bridgehead atoms. The number of carbonyl (C=O) groups is 1. The van der Waals surface area contributed by atoms with E-state index in [0.717, 1.165) is 38.9 Å². The van der Waals surface area contributed by atoms with E-state index in [1.807, 2.05) is 91.0 Å². The molecule has 2 N–H and O–H groups in total. The molecule has 3 atom stereocenters. The van der Waals surface area contributed by atoms with Gasteiger partial charge in [0.1, 0.15) is 10.8 Å². The first kappa shape index (κ1) is 31.9. The molecule has 1 saturated heterocycles. The molecule has 4 aromatic carbocycles. The van der Waals surface area contributed by atoms with Gasteiger partial charge in [-0.3, -0.25) is 9.78 Å². The highest BCUT2D eigenvalue weighted by Gasteiger charge is 2.33. The maximum atomic E-state index is 12.9. The number of benzene rings is 4.